The third-order valence-electron chi connectivity index (χ3n) is 7.02. The molecular weight excluding hydrogens is 568 g/mol. The van der Waals surface area contributed by atoms with Gasteiger partial charge in [0.1, 0.15) is 18.1 Å². The van der Waals surface area contributed by atoms with E-state index in [4.69, 9.17) is 9.47 Å². The number of Topliss-reactive ketones (excluding diaryl/α,β-unsaturated/α-hetero) is 2. The first-order chi connectivity index (χ1) is 20.6. The molecule has 1 aliphatic heterocycles. The van der Waals surface area contributed by atoms with Crippen LogP contribution in [0.3, 0.4) is 0 Å². The Morgan fingerprint density at radius 1 is 0.977 bits per heavy atom. The molecule has 5 rings (SSSR count). The number of ether oxygens (including phenoxy) is 2. The Morgan fingerprint density at radius 2 is 1.65 bits per heavy atom. The number of nitrogens with zero attached hydrogens (tertiary/aromatic N) is 2. The van der Waals surface area contributed by atoms with Crippen molar-refractivity contribution in [3.05, 3.63) is 117 Å². The molecule has 10 heteroatoms. The van der Waals surface area contributed by atoms with Gasteiger partial charge in [0.05, 0.1) is 34.9 Å². The molecule has 1 amide bonds. The van der Waals surface area contributed by atoms with E-state index in [2.05, 4.69) is 4.98 Å². The number of methoxy groups -OCH3 is 1. The van der Waals surface area contributed by atoms with Gasteiger partial charge in [-0.1, -0.05) is 53.3 Å². The largest absolute Gasteiger partial charge is 0.507 e. The number of aromatic nitrogens is 1. The van der Waals surface area contributed by atoms with Crippen molar-refractivity contribution in [1.82, 2.24) is 4.98 Å². The SMILES string of the molecule is COC(=O)c1ccc(C2/C(=C(\O)c3ccc(OCc4cccc(C)c4)cc3)C(=O)C(=O)N2c2nc(C)c(C(C)=O)s2)cc1. The van der Waals surface area contributed by atoms with E-state index in [0.717, 1.165) is 22.5 Å². The summed E-state index contributed by atoms with van der Waals surface area (Å²) in [6.07, 6.45) is 0. The topological polar surface area (TPSA) is 123 Å². The number of thiazole rings is 1. The Labute approximate surface area is 252 Å². The predicted molar refractivity (Wildman–Crippen MR) is 161 cm³/mol. The second-order valence-electron chi connectivity index (χ2n) is 10.1. The average Bonchev–Trinajstić information content (AvgIpc) is 3.52. The molecule has 9 nitrogen and oxygen atoms in total. The summed E-state index contributed by atoms with van der Waals surface area (Å²) >= 11 is 0.994. The lowest BCUT2D eigenvalue weighted by molar-refractivity contribution is -0.132. The molecule has 2 heterocycles. The van der Waals surface area contributed by atoms with Gasteiger partial charge in [-0.05, 0) is 61.4 Å². The number of esters is 1. The van der Waals surface area contributed by atoms with Crippen molar-refractivity contribution in [2.45, 2.75) is 33.4 Å². The molecule has 1 aromatic heterocycles. The number of carbonyl (C=O) groups excluding carboxylic acids is 4. The van der Waals surface area contributed by atoms with Crippen LogP contribution in [0.15, 0.2) is 78.4 Å². The van der Waals surface area contributed by atoms with Gasteiger partial charge in [-0.3, -0.25) is 19.3 Å². The van der Waals surface area contributed by atoms with E-state index in [1.54, 1.807) is 43.3 Å². The molecule has 0 radical (unpaired) electrons. The molecule has 0 spiro atoms. The van der Waals surface area contributed by atoms with Crippen molar-refractivity contribution in [3.63, 3.8) is 0 Å². The zero-order valence-corrected chi connectivity index (χ0v) is 24.7. The van der Waals surface area contributed by atoms with E-state index in [1.807, 2.05) is 31.2 Å². The standard InChI is InChI=1S/C33H28N2O7S/c1-18-6-5-7-21(16-18)17-42-25-14-12-23(13-15-25)28(37)26-27(22-8-10-24(11-9-22)32(40)41-4)35(31(39)29(26)38)33-34-19(2)30(43-33)20(3)36/h5-16,27,37H,17H2,1-4H3/b28-26+. The Kier molecular flexibility index (Phi) is 8.22. The molecule has 1 fully saturated rings. The fourth-order valence-corrected chi connectivity index (χ4v) is 5.90. The normalized spacial score (nSPS) is 15.9. The highest BCUT2D eigenvalue weighted by atomic mass is 32.1. The number of ketones is 2. The van der Waals surface area contributed by atoms with Gasteiger partial charge in [0.15, 0.2) is 10.9 Å². The smallest absolute Gasteiger partial charge is 0.337 e. The summed E-state index contributed by atoms with van der Waals surface area (Å²) in [5.41, 5.74) is 3.43. The highest BCUT2D eigenvalue weighted by molar-refractivity contribution is 7.18. The van der Waals surface area contributed by atoms with Gasteiger partial charge in [0, 0.05) is 12.5 Å². The fourth-order valence-electron chi connectivity index (χ4n) is 4.91. The molecule has 1 aliphatic rings. The van der Waals surface area contributed by atoms with Crippen LogP contribution in [0, 0.1) is 13.8 Å². The number of benzene rings is 3. The number of aliphatic hydroxyl groups excluding tert-OH is 1. The number of amides is 1. The predicted octanol–water partition coefficient (Wildman–Crippen LogP) is 5.95. The van der Waals surface area contributed by atoms with Gasteiger partial charge in [0.25, 0.3) is 5.78 Å². The Morgan fingerprint density at radius 3 is 2.26 bits per heavy atom. The molecule has 1 atom stereocenters. The summed E-state index contributed by atoms with van der Waals surface area (Å²) in [5, 5.41) is 11.6. The van der Waals surface area contributed by atoms with Gasteiger partial charge < -0.3 is 14.6 Å². The maximum absolute atomic E-state index is 13.5. The number of anilines is 1. The monoisotopic (exact) mass is 596 g/mol. The molecule has 218 valence electrons. The van der Waals surface area contributed by atoms with E-state index in [0.29, 0.717) is 34.1 Å². The summed E-state index contributed by atoms with van der Waals surface area (Å²) in [5.74, 6) is -2.40. The minimum atomic E-state index is -1.07. The zero-order valence-electron chi connectivity index (χ0n) is 23.9. The zero-order chi connectivity index (χ0) is 30.8. The van der Waals surface area contributed by atoms with Crippen LogP contribution < -0.4 is 9.64 Å². The van der Waals surface area contributed by atoms with E-state index in [1.165, 1.54) is 31.1 Å². The van der Waals surface area contributed by atoms with Gasteiger partial charge in [-0.25, -0.2) is 9.78 Å². The molecule has 3 aromatic carbocycles. The number of rotatable bonds is 8. The first kappa shape index (κ1) is 29.4. The summed E-state index contributed by atoms with van der Waals surface area (Å²) in [6.45, 7) is 5.41. The van der Waals surface area contributed by atoms with Crippen LogP contribution in [0.5, 0.6) is 5.75 Å². The van der Waals surface area contributed by atoms with Crippen molar-refractivity contribution >= 4 is 45.7 Å². The molecule has 1 saturated heterocycles. The molecule has 1 unspecified atom stereocenters. The van der Waals surface area contributed by atoms with Gasteiger partial charge >= 0.3 is 11.9 Å². The molecule has 0 aliphatic carbocycles. The van der Waals surface area contributed by atoms with Crippen LogP contribution in [0.25, 0.3) is 5.76 Å². The second kappa shape index (κ2) is 12.0. The van der Waals surface area contributed by atoms with Crippen LogP contribution in [0.2, 0.25) is 0 Å². The number of carbonyl (C=O) groups is 4. The van der Waals surface area contributed by atoms with Crippen LogP contribution in [0.4, 0.5) is 5.13 Å². The number of hydrogen-bond acceptors (Lipinski definition) is 9. The van der Waals surface area contributed by atoms with Crippen molar-refractivity contribution < 1.29 is 33.8 Å². The fraction of sp³-hybridized carbons (Fsp3) is 0.182. The van der Waals surface area contributed by atoms with E-state index >= 15 is 0 Å². The van der Waals surface area contributed by atoms with Gasteiger partial charge in [-0.2, -0.15) is 0 Å². The maximum atomic E-state index is 13.5. The van der Waals surface area contributed by atoms with Gasteiger partial charge in [-0.15, -0.1) is 0 Å². The quantitative estimate of drug-likeness (QED) is 0.0870. The maximum Gasteiger partial charge on any atom is 0.337 e. The summed E-state index contributed by atoms with van der Waals surface area (Å²) < 4.78 is 10.7. The van der Waals surface area contributed by atoms with Crippen molar-refractivity contribution in [2.75, 3.05) is 12.0 Å². The highest BCUT2D eigenvalue weighted by Crippen LogP contribution is 2.44. The molecule has 0 bridgehead atoms. The minimum Gasteiger partial charge on any atom is -0.507 e. The minimum absolute atomic E-state index is 0.144. The number of aryl methyl sites for hydroxylation is 2. The summed E-state index contributed by atoms with van der Waals surface area (Å²) in [4.78, 5) is 57.1. The molecule has 0 saturated carbocycles. The van der Waals surface area contributed by atoms with Crippen molar-refractivity contribution in [1.29, 1.82) is 0 Å². The lowest BCUT2D eigenvalue weighted by atomic mass is 9.94. The summed E-state index contributed by atoms with van der Waals surface area (Å²) in [7, 11) is 1.27. The van der Waals surface area contributed by atoms with E-state index in [-0.39, 0.29) is 27.8 Å². The lowest BCUT2D eigenvalue weighted by Crippen LogP contribution is -2.29. The van der Waals surface area contributed by atoms with Crippen LogP contribution in [-0.2, 0) is 20.9 Å². The third kappa shape index (κ3) is 5.82. The number of hydrogen-bond donors (Lipinski definition) is 1. The van der Waals surface area contributed by atoms with Gasteiger partial charge in [0.2, 0.25) is 0 Å². The summed E-state index contributed by atoms with van der Waals surface area (Å²) in [6, 6.07) is 19.6. The first-order valence-electron chi connectivity index (χ1n) is 13.4. The van der Waals surface area contributed by atoms with Crippen molar-refractivity contribution in [2.24, 2.45) is 0 Å². The molecular formula is C33H28N2O7S. The van der Waals surface area contributed by atoms with Crippen LogP contribution in [-0.4, -0.2) is 40.6 Å². The van der Waals surface area contributed by atoms with Crippen LogP contribution in [0.1, 0.15) is 60.9 Å². The average molecular weight is 597 g/mol. The van der Waals surface area contributed by atoms with Crippen molar-refractivity contribution in [3.8, 4) is 5.75 Å². The second-order valence-corrected chi connectivity index (χ2v) is 11.0. The van der Waals surface area contributed by atoms with E-state index in [9.17, 15) is 24.3 Å². The van der Waals surface area contributed by atoms with Crippen LogP contribution >= 0.6 is 11.3 Å². The van der Waals surface area contributed by atoms with E-state index < -0.39 is 23.7 Å². The molecule has 4 aromatic rings. The highest BCUT2D eigenvalue weighted by Gasteiger charge is 2.48. The first-order valence-corrected chi connectivity index (χ1v) is 14.2. The Balaban J connectivity index is 1.54. The molecule has 43 heavy (non-hydrogen) atoms. The Bertz CT molecular complexity index is 1770. The Hall–Kier alpha value is -5.09. The lowest BCUT2D eigenvalue weighted by Gasteiger charge is -2.23. The molecule has 1 N–H and O–H groups in total. The number of aliphatic hydroxyl groups is 1. The third-order valence-corrected chi connectivity index (χ3v) is 8.28.